The molecule has 2 aromatic rings. The van der Waals surface area contributed by atoms with Crippen molar-refractivity contribution in [2.24, 2.45) is 0 Å². The van der Waals surface area contributed by atoms with Crippen LogP contribution in [0.25, 0.3) is 0 Å². The van der Waals surface area contributed by atoms with E-state index in [-0.39, 0.29) is 17.3 Å². The second-order valence-corrected chi connectivity index (χ2v) is 7.27. The highest BCUT2D eigenvalue weighted by Crippen LogP contribution is 2.20. The van der Waals surface area contributed by atoms with Crippen LogP contribution in [-0.4, -0.2) is 31.1 Å². The van der Waals surface area contributed by atoms with Gasteiger partial charge < -0.3 is 15.2 Å². The third kappa shape index (κ3) is 5.13. The fourth-order valence-corrected chi connectivity index (χ4v) is 3.59. The molecule has 0 radical (unpaired) electrons. The Morgan fingerprint density at radius 1 is 1.04 bits per heavy atom. The first-order chi connectivity index (χ1) is 11.8. The van der Waals surface area contributed by atoms with E-state index in [0.29, 0.717) is 11.3 Å². The summed E-state index contributed by atoms with van der Waals surface area (Å²) >= 11 is 0. The molecule has 0 fully saturated rings. The Kier molecular flexibility index (Phi) is 5.89. The molecule has 0 aliphatic carbocycles. The number of benzene rings is 2. The van der Waals surface area contributed by atoms with E-state index in [2.05, 4.69) is 5.32 Å². The predicted molar refractivity (Wildman–Crippen MR) is 89.8 cm³/mol. The first-order valence-corrected chi connectivity index (χ1v) is 8.84. The van der Waals surface area contributed by atoms with Crippen LogP contribution in [0.1, 0.15) is 12.5 Å². The number of carboxylic acids is 1. The Morgan fingerprint density at radius 3 is 2.16 bits per heavy atom. The quantitative estimate of drug-likeness (QED) is 0.777. The van der Waals surface area contributed by atoms with E-state index in [4.69, 9.17) is 0 Å². The zero-order valence-electron chi connectivity index (χ0n) is 13.5. The van der Waals surface area contributed by atoms with Gasteiger partial charge in [-0.1, -0.05) is 30.3 Å². The maximum atomic E-state index is 12.8. The summed E-state index contributed by atoms with van der Waals surface area (Å²) in [6, 6.07) is 14.2. The molecule has 25 heavy (non-hydrogen) atoms. The Hall–Kier alpha value is -2.71. The highest BCUT2D eigenvalue weighted by molar-refractivity contribution is 7.89. The van der Waals surface area contributed by atoms with Crippen molar-refractivity contribution in [1.82, 2.24) is 4.31 Å². The van der Waals surface area contributed by atoms with Gasteiger partial charge in [-0.05, 0) is 29.8 Å². The molecule has 0 atom stereocenters. The number of amides is 1. The lowest BCUT2D eigenvalue weighted by Crippen LogP contribution is -2.41. The van der Waals surface area contributed by atoms with Crippen LogP contribution in [0.4, 0.5) is 5.69 Å². The van der Waals surface area contributed by atoms with Crippen LogP contribution >= 0.6 is 0 Å². The minimum atomic E-state index is -4.04. The van der Waals surface area contributed by atoms with Gasteiger partial charge >= 0.3 is 0 Å². The Bertz CT molecular complexity index is 848. The molecule has 8 heteroatoms. The predicted octanol–water partition coefficient (Wildman–Crippen LogP) is 0.586. The van der Waals surface area contributed by atoms with Crippen molar-refractivity contribution in [1.29, 1.82) is 0 Å². The van der Waals surface area contributed by atoms with Crippen LogP contribution < -0.4 is 10.4 Å². The van der Waals surface area contributed by atoms with Crippen LogP contribution in [0, 0.1) is 0 Å². The first kappa shape index (κ1) is 18.6. The van der Waals surface area contributed by atoms with Crippen LogP contribution in [-0.2, 0) is 26.2 Å². The van der Waals surface area contributed by atoms with E-state index in [9.17, 15) is 23.1 Å². The zero-order valence-corrected chi connectivity index (χ0v) is 14.3. The fraction of sp³-hybridized carbons (Fsp3) is 0.176. The third-order valence-electron chi connectivity index (χ3n) is 3.32. The van der Waals surface area contributed by atoms with Gasteiger partial charge in [0.25, 0.3) is 0 Å². The lowest BCUT2D eigenvalue weighted by atomic mass is 10.2. The maximum absolute atomic E-state index is 12.8. The smallest absolute Gasteiger partial charge is 0.243 e. The van der Waals surface area contributed by atoms with Gasteiger partial charge in [0.1, 0.15) is 0 Å². The average Bonchev–Trinajstić information content (AvgIpc) is 2.55. The van der Waals surface area contributed by atoms with Gasteiger partial charge in [-0.2, -0.15) is 4.31 Å². The molecule has 0 bridgehead atoms. The molecule has 0 aromatic heterocycles. The molecular formula is C17H17N2O5S-. The monoisotopic (exact) mass is 361 g/mol. The largest absolute Gasteiger partial charge is 0.549 e. The third-order valence-corrected chi connectivity index (χ3v) is 5.13. The van der Waals surface area contributed by atoms with Crippen LogP contribution in [0.3, 0.4) is 0 Å². The molecule has 1 N–H and O–H groups in total. The van der Waals surface area contributed by atoms with Crippen molar-refractivity contribution in [2.75, 3.05) is 11.9 Å². The van der Waals surface area contributed by atoms with E-state index >= 15 is 0 Å². The number of rotatable bonds is 7. The minimum absolute atomic E-state index is 0.0706. The Morgan fingerprint density at radius 2 is 1.64 bits per heavy atom. The van der Waals surface area contributed by atoms with E-state index in [0.717, 1.165) is 4.31 Å². The van der Waals surface area contributed by atoms with Crippen molar-refractivity contribution in [3.05, 3.63) is 60.2 Å². The highest BCUT2D eigenvalue weighted by atomic mass is 32.2. The van der Waals surface area contributed by atoms with Crippen molar-refractivity contribution >= 4 is 27.6 Å². The van der Waals surface area contributed by atoms with Crippen molar-refractivity contribution in [3.8, 4) is 0 Å². The van der Waals surface area contributed by atoms with Gasteiger partial charge in [-0.25, -0.2) is 8.42 Å². The SMILES string of the molecule is CC(=O)Nc1ccc(S(=O)(=O)N(CC(=O)[O-])Cc2ccccc2)cc1. The number of aliphatic carboxylic acids is 1. The summed E-state index contributed by atoms with van der Waals surface area (Å²) in [5.74, 6) is -1.77. The van der Waals surface area contributed by atoms with Gasteiger partial charge in [-0.15, -0.1) is 0 Å². The van der Waals surface area contributed by atoms with E-state index in [1.54, 1.807) is 30.3 Å². The zero-order chi connectivity index (χ0) is 18.4. The van der Waals surface area contributed by atoms with Gasteiger partial charge in [0.05, 0.1) is 17.4 Å². The average molecular weight is 361 g/mol. The molecule has 0 spiro atoms. The number of carboxylic acid groups (broad SMARTS) is 1. The van der Waals surface area contributed by atoms with Crippen LogP contribution in [0.2, 0.25) is 0 Å². The molecule has 0 aliphatic heterocycles. The number of hydrogen-bond acceptors (Lipinski definition) is 5. The van der Waals surface area contributed by atoms with Crippen molar-refractivity contribution < 1.29 is 23.1 Å². The normalized spacial score (nSPS) is 11.3. The number of carbonyl (C=O) groups is 2. The maximum Gasteiger partial charge on any atom is 0.243 e. The molecule has 2 rings (SSSR count). The number of nitrogens with zero attached hydrogens (tertiary/aromatic N) is 1. The lowest BCUT2D eigenvalue weighted by molar-refractivity contribution is -0.305. The van der Waals surface area contributed by atoms with Gasteiger partial charge in [0.2, 0.25) is 15.9 Å². The van der Waals surface area contributed by atoms with Crippen LogP contribution in [0.15, 0.2) is 59.5 Å². The molecule has 0 aliphatic rings. The summed E-state index contributed by atoms with van der Waals surface area (Å²) in [5.41, 5.74) is 1.10. The molecule has 0 saturated carbocycles. The standard InChI is InChI=1S/C17H18N2O5S/c1-13(20)18-15-7-9-16(10-8-15)25(23,24)19(12-17(21)22)11-14-5-3-2-4-6-14/h2-10H,11-12H2,1H3,(H,18,20)(H,21,22)/p-1. The van der Waals surface area contributed by atoms with E-state index in [1.165, 1.54) is 31.2 Å². The summed E-state index contributed by atoms with van der Waals surface area (Å²) in [5, 5.41) is 13.5. The fourth-order valence-electron chi connectivity index (χ4n) is 2.22. The summed E-state index contributed by atoms with van der Waals surface area (Å²) in [4.78, 5) is 21.9. The topological polar surface area (TPSA) is 107 Å². The molecule has 0 saturated heterocycles. The number of sulfonamides is 1. The Labute approximate surface area is 146 Å². The van der Waals surface area contributed by atoms with Crippen LogP contribution in [0.5, 0.6) is 0 Å². The lowest BCUT2D eigenvalue weighted by Gasteiger charge is -2.23. The van der Waals surface area contributed by atoms with Gasteiger partial charge in [0.15, 0.2) is 0 Å². The highest BCUT2D eigenvalue weighted by Gasteiger charge is 2.24. The molecule has 1 amide bonds. The second-order valence-electron chi connectivity index (χ2n) is 5.34. The van der Waals surface area contributed by atoms with E-state index in [1.807, 2.05) is 0 Å². The second kappa shape index (κ2) is 7.91. The molecule has 2 aromatic carbocycles. The van der Waals surface area contributed by atoms with Crippen molar-refractivity contribution in [3.63, 3.8) is 0 Å². The van der Waals surface area contributed by atoms with Gasteiger partial charge in [0, 0.05) is 19.2 Å². The Balaban J connectivity index is 2.30. The molecule has 132 valence electrons. The van der Waals surface area contributed by atoms with Crippen molar-refractivity contribution in [2.45, 2.75) is 18.4 Å². The summed E-state index contributed by atoms with van der Waals surface area (Å²) < 4.78 is 26.3. The van der Waals surface area contributed by atoms with E-state index < -0.39 is 22.5 Å². The summed E-state index contributed by atoms with van der Waals surface area (Å²) in [7, 11) is -4.04. The van der Waals surface area contributed by atoms with Gasteiger partial charge in [-0.3, -0.25) is 4.79 Å². The number of anilines is 1. The molecule has 0 unspecified atom stereocenters. The first-order valence-electron chi connectivity index (χ1n) is 7.40. The molecular weight excluding hydrogens is 344 g/mol. The summed E-state index contributed by atoms with van der Waals surface area (Å²) in [6.07, 6.45) is 0. The molecule has 0 heterocycles. The minimum Gasteiger partial charge on any atom is -0.549 e. The number of nitrogens with one attached hydrogen (secondary N) is 1. The summed E-state index contributed by atoms with van der Waals surface area (Å²) in [6.45, 7) is 0.487. The number of hydrogen-bond donors (Lipinski definition) is 1. The molecule has 7 nitrogen and oxygen atoms in total. The number of carbonyl (C=O) groups excluding carboxylic acids is 2.